The third-order valence-electron chi connectivity index (χ3n) is 2.85. The van der Waals surface area contributed by atoms with E-state index in [1.807, 2.05) is 12.1 Å². The van der Waals surface area contributed by atoms with Crippen LogP contribution in [0.1, 0.15) is 12.0 Å². The fourth-order valence-corrected chi connectivity index (χ4v) is 1.59. The highest BCUT2D eigenvalue weighted by Crippen LogP contribution is 2.00. The van der Waals surface area contributed by atoms with Gasteiger partial charge in [0, 0.05) is 39.0 Å². The number of hydrogen-bond acceptors (Lipinski definition) is 4. The van der Waals surface area contributed by atoms with Crippen molar-refractivity contribution in [2.75, 3.05) is 20.2 Å². The molecule has 0 aliphatic rings. The smallest absolute Gasteiger partial charge is 0.326 e. The van der Waals surface area contributed by atoms with Gasteiger partial charge in [-0.25, -0.2) is 9.59 Å². The van der Waals surface area contributed by atoms with E-state index in [4.69, 9.17) is 10.2 Å². The number of pyridine rings is 1. The SMILES string of the molecule is CN(CCc1ccncc1)C(=O)N[C@@H](CCO)C(=O)O. The van der Waals surface area contributed by atoms with Gasteiger partial charge in [-0.3, -0.25) is 4.98 Å². The molecule has 110 valence electrons. The van der Waals surface area contributed by atoms with Crippen molar-refractivity contribution in [3.8, 4) is 0 Å². The van der Waals surface area contributed by atoms with Crippen molar-refractivity contribution in [2.24, 2.45) is 0 Å². The van der Waals surface area contributed by atoms with Crippen LogP contribution in [-0.4, -0.2) is 58.3 Å². The summed E-state index contributed by atoms with van der Waals surface area (Å²) in [6, 6.07) is 2.17. The molecular weight excluding hydrogens is 262 g/mol. The summed E-state index contributed by atoms with van der Waals surface area (Å²) in [5.41, 5.74) is 1.05. The molecule has 3 N–H and O–H groups in total. The number of carboxylic acids is 1. The van der Waals surface area contributed by atoms with E-state index in [-0.39, 0.29) is 13.0 Å². The average Bonchev–Trinajstić information content (AvgIpc) is 2.45. The fourth-order valence-electron chi connectivity index (χ4n) is 1.59. The number of nitrogens with one attached hydrogen (secondary N) is 1. The number of carbonyl (C=O) groups excluding carboxylic acids is 1. The van der Waals surface area contributed by atoms with Crippen molar-refractivity contribution < 1.29 is 19.8 Å². The Balaban J connectivity index is 2.44. The normalized spacial score (nSPS) is 11.7. The van der Waals surface area contributed by atoms with Crippen molar-refractivity contribution in [1.82, 2.24) is 15.2 Å². The van der Waals surface area contributed by atoms with E-state index in [9.17, 15) is 9.59 Å². The van der Waals surface area contributed by atoms with E-state index in [0.29, 0.717) is 13.0 Å². The van der Waals surface area contributed by atoms with E-state index in [0.717, 1.165) is 5.56 Å². The first-order valence-electron chi connectivity index (χ1n) is 6.28. The van der Waals surface area contributed by atoms with Crippen molar-refractivity contribution >= 4 is 12.0 Å². The number of amides is 2. The van der Waals surface area contributed by atoms with Gasteiger partial charge in [0.25, 0.3) is 0 Å². The third-order valence-corrected chi connectivity index (χ3v) is 2.85. The Morgan fingerprint density at radius 2 is 2.05 bits per heavy atom. The van der Waals surface area contributed by atoms with Crippen molar-refractivity contribution in [3.63, 3.8) is 0 Å². The first-order valence-corrected chi connectivity index (χ1v) is 6.28. The van der Waals surface area contributed by atoms with E-state index in [1.54, 1.807) is 19.4 Å². The second-order valence-corrected chi connectivity index (χ2v) is 4.38. The topological polar surface area (TPSA) is 103 Å². The monoisotopic (exact) mass is 281 g/mol. The van der Waals surface area contributed by atoms with Crippen LogP contribution in [0, 0.1) is 0 Å². The summed E-state index contributed by atoms with van der Waals surface area (Å²) >= 11 is 0. The highest BCUT2D eigenvalue weighted by atomic mass is 16.4. The van der Waals surface area contributed by atoms with E-state index in [2.05, 4.69) is 10.3 Å². The van der Waals surface area contributed by atoms with E-state index in [1.165, 1.54) is 4.90 Å². The van der Waals surface area contributed by atoms with Crippen molar-refractivity contribution in [1.29, 1.82) is 0 Å². The number of aliphatic hydroxyl groups excluding tert-OH is 1. The predicted octanol–water partition coefficient (Wildman–Crippen LogP) is 0.101. The van der Waals surface area contributed by atoms with Crippen LogP contribution < -0.4 is 5.32 Å². The number of aromatic nitrogens is 1. The van der Waals surface area contributed by atoms with Gasteiger partial charge in [0.2, 0.25) is 0 Å². The molecule has 1 aromatic heterocycles. The van der Waals surface area contributed by atoms with Gasteiger partial charge in [-0.15, -0.1) is 0 Å². The number of carboxylic acid groups (broad SMARTS) is 1. The molecule has 0 saturated heterocycles. The Labute approximate surface area is 117 Å². The lowest BCUT2D eigenvalue weighted by Gasteiger charge is -2.21. The number of nitrogens with zero attached hydrogens (tertiary/aromatic N) is 2. The second kappa shape index (κ2) is 8.11. The summed E-state index contributed by atoms with van der Waals surface area (Å²) in [6.07, 6.45) is 4.00. The number of hydrogen-bond donors (Lipinski definition) is 3. The van der Waals surface area contributed by atoms with Gasteiger partial charge >= 0.3 is 12.0 Å². The Kier molecular flexibility index (Phi) is 6.45. The Morgan fingerprint density at radius 3 is 2.60 bits per heavy atom. The summed E-state index contributed by atoms with van der Waals surface area (Å²) in [4.78, 5) is 28.0. The zero-order valence-electron chi connectivity index (χ0n) is 11.3. The number of rotatable bonds is 7. The van der Waals surface area contributed by atoms with Crippen molar-refractivity contribution in [2.45, 2.75) is 18.9 Å². The molecule has 20 heavy (non-hydrogen) atoms. The van der Waals surface area contributed by atoms with Gasteiger partial charge in [0.15, 0.2) is 0 Å². The Morgan fingerprint density at radius 1 is 1.40 bits per heavy atom. The molecule has 1 heterocycles. The number of urea groups is 1. The lowest BCUT2D eigenvalue weighted by molar-refractivity contribution is -0.139. The zero-order valence-corrected chi connectivity index (χ0v) is 11.3. The minimum Gasteiger partial charge on any atom is -0.480 e. The number of aliphatic carboxylic acids is 1. The van der Waals surface area contributed by atoms with E-state index >= 15 is 0 Å². The maximum Gasteiger partial charge on any atom is 0.326 e. The number of carbonyl (C=O) groups is 2. The van der Waals surface area contributed by atoms with Crippen LogP contribution >= 0.6 is 0 Å². The molecule has 7 heteroatoms. The van der Waals surface area contributed by atoms with Gasteiger partial charge in [-0.05, 0) is 24.1 Å². The lowest BCUT2D eigenvalue weighted by Crippen LogP contribution is -2.47. The zero-order chi connectivity index (χ0) is 15.0. The van der Waals surface area contributed by atoms with Crippen LogP contribution in [0.25, 0.3) is 0 Å². The van der Waals surface area contributed by atoms with Gasteiger partial charge < -0.3 is 20.4 Å². The molecule has 0 radical (unpaired) electrons. The molecule has 0 aliphatic carbocycles. The second-order valence-electron chi connectivity index (χ2n) is 4.38. The molecule has 1 rings (SSSR count). The maximum absolute atomic E-state index is 11.8. The Hall–Kier alpha value is -2.15. The summed E-state index contributed by atoms with van der Waals surface area (Å²) in [7, 11) is 1.59. The van der Waals surface area contributed by atoms with Crippen LogP contribution in [0.15, 0.2) is 24.5 Å². The Bertz CT molecular complexity index is 439. The van der Waals surface area contributed by atoms with Gasteiger partial charge in [-0.1, -0.05) is 0 Å². The van der Waals surface area contributed by atoms with Crippen LogP contribution in [-0.2, 0) is 11.2 Å². The third kappa shape index (κ3) is 5.23. The average molecular weight is 281 g/mol. The molecule has 0 bridgehead atoms. The summed E-state index contributed by atoms with van der Waals surface area (Å²) < 4.78 is 0. The maximum atomic E-state index is 11.8. The molecule has 1 atom stereocenters. The molecule has 2 amide bonds. The standard InChI is InChI=1S/C13H19N3O4/c1-16(8-4-10-2-6-14-7-3-10)13(20)15-11(5-9-17)12(18)19/h2-3,6-7,11,17H,4-5,8-9H2,1H3,(H,15,20)(H,18,19)/t11-/m0/s1. The predicted molar refractivity (Wildman–Crippen MR) is 72.2 cm³/mol. The first-order chi connectivity index (χ1) is 9.54. The molecule has 0 unspecified atom stereocenters. The molecule has 0 spiro atoms. The number of aliphatic hydroxyl groups is 1. The fraction of sp³-hybridized carbons (Fsp3) is 0.462. The molecule has 0 aliphatic heterocycles. The molecular formula is C13H19N3O4. The van der Waals surface area contributed by atoms with Crippen LogP contribution in [0.5, 0.6) is 0 Å². The van der Waals surface area contributed by atoms with E-state index < -0.39 is 18.0 Å². The van der Waals surface area contributed by atoms with Crippen LogP contribution in [0.4, 0.5) is 4.79 Å². The molecule has 1 aromatic rings. The summed E-state index contributed by atoms with van der Waals surface area (Å²) in [6.45, 7) is 0.166. The highest BCUT2D eigenvalue weighted by Gasteiger charge is 2.20. The molecule has 7 nitrogen and oxygen atoms in total. The molecule has 0 aromatic carbocycles. The van der Waals surface area contributed by atoms with Gasteiger partial charge in [0.05, 0.1) is 0 Å². The largest absolute Gasteiger partial charge is 0.480 e. The lowest BCUT2D eigenvalue weighted by atomic mass is 10.2. The van der Waals surface area contributed by atoms with Gasteiger partial charge in [-0.2, -0.15) is 0 Å². The molecule has 0 fully saturated rings. The van der Waals surface area contributed by atoms with Gasteiger partial charge in [0.1, 0.15) is 6.04 Å². The molecule has 0 saturated carbocycles. The minimum atomic E-state index is -1.16. The summed E-state index contributed by atoms with van der Waals surface area (Å²) in [5.74, 6) is -1.16. The quantitative estimate of drug-likeness (QED) is 0.658. The first kappa shape index (κ1) is 15.9. The minimum absolute atomic E-state index is 0.0146. The van der Waals surface area contributed by atoms with Crippen LogP contribution in [0.2, 0.25) is 0 Å². The summed E-state index contributed by atoms with van der Waals surface area (Å²) in [5, 5.41) is 20.0. The van der Waals surface area contributed by atoms with Crippen LogP contribution in [0.3, 0.4) is 0 Å². The highest BCUT2D eigenvalue weighted by molar-refractivity contribution is 5.82. The number of likely N-dealkylation sites (N-methyl/N-ethyl adjacent to an activating group) is 1. The van der Waals surface area contributed by atoms with Crippen molar-refractivity contribution in [3.05, 3.63) is 30.1 Å².